The molecular formula is C19H15ClO5. The third-order valence-electron chi connectivity index (χ3n) is 3.68. The van der Waals surface area contributed by atoms with Crippen molar-refractivity contribution in [1.29, 1.82) is 0 Å². The predicted molar refractivity (Wildman–Crippen MR) is 92.9 cm³/mol. The minimum absolute atomic E-state index is 0.182. The fourth-order valence-corrected chi connectivity index (χ4v) is 2.58. The van der Waals surface area contributed by atoms with Crippen LogP contribution in [0.15, 0.2) is 48.2 Å². The molecule has 1 aliphatic heterocycles. The first-order chi connectivity index (χ1) is 12.0. The molecule has 128 valence electrons. The Kier molecular flexibility index (Phi) is 4.76. The first kappa shape index (κ1) is 17.0. The molecule has 0 amide bonds. The van der Waals surface area contributed by atoms with Gasteiger partial charge in [-0.25, -0.2) is 4.79 Å². The van der Waals surface area contributed by atoms with Crippen LogP contribution in [0.25, 0.3) is 6.08 Å². The Hall–Kier alpha value is -2.79. The Labute approximate surface area is 149 Å². The molecule has 0 fully saturated rings. The van der Waals surface area contributed by atoms with Gasteiger partial charge in [-0.3, -0.25) is 4.79 Å². The van der Waals surface area contributed by atoms with Gasteiger partial charge in [0.1, 0.15) is 11.5 Å². The molecule has 6 heteroatoms. The summed E-state index contributed by atoms with van der Waals surface area (Å²) in [6, 6.07) is 11.9. The maximum Gasteiger partial charge on any atom is 0.346 e. The second-order valence-electron chi connectivity index (χ2n) is 5.40. The number of methoxy groups -OCH3 is 1. The summed E-state index contributed by atoms with van der Waals surface area (Å²) in [5, 5.41) is 0.526. The van der Waals surface area contributed by atoms with Crippen LogP contribution >= 0.6 is 11.6 Å². The number of rotatable bonds is 4. The second-order valence-corrected chi connectivity index (χ2v) is 5.81. The topological polar surface area (TPSA) is 61.8 Å². The molecule has 0 unspecified atom stereocenters. The van der Waals surface area contributed by atoms with Gasteiger partial charge in [0.05, 0.1) is 12.7 Å². The minimum atomic E-state index is -0.765. The van der Waals surface area contributed by atoms with Gasteiger partial charge >= 0.3 is 5.97 Å². The van der Waals surface area contributed by atoms with Crippen molar-refractivity contribution in [2.45, 2.75) is 13.0 Å². The number of halogens is 1. The van der Waals surface area contributed by atoms with E-state index in [4.69, 9.17) is 21.1 Å². The number of ether oxygens (including phenoxy) is 3. The van der Waals surface area contributed by atoms with Gasteiger partial charge in [0.2, 0.25) is 5.78 Å². The summed E-state index contributed by atoms with van der Waals surface area (Å²) in [6.07, 6.45) is 0.834. The molecule has 0 saturated carbocycles. The maximum absolute atomic E-state index is 12.4. The number of Topliss-reactive ketones (excluding diaryl/α,β-unsaturated/α-hetero) is 1. The molecule has 3 rings (SSSR count). The van der Waals surface area contributed by atoms with Crippen LogP contribution in [0.5, 0.6) is 11.5 Å². The lowest BCUT2D eigenvalue weighted by molar-refractivity contribution is -0.147. The van der Waals surface area contributed by atoms with E-state index in [2.05, 4.69) is 4.74 Å². The van der Waals surface area contributed by atoms with Crippen LogP contribution in [0.4, 0.5) is 0 Å². The first-order valence-electron chi connectivity index (χ1n) is 7.57. The number of ketones is 1. The largest absolute Gasteiger partial charge is 0.479 e. The molecule has 1 heterocycles. The van der Waals surface area contributed by atoms with Crippen molar-refractivity contribution in [3.8, 4) is 11.5 Å². The number of allylic oxidation sites excluding steroid dienone is 1. The van der Waals surface area contributed by atoms with Gasteiger partial charge in [-0.05, 0) is 36.8 Å². The number of carbonyl (C=O) groups is 2. The molecule has 2 aromatic carbocycles. The molecule has 1 aliphatic rings. The van der Waals surface area contributed by atoms with E-state index in [0.717, 1.165) is 0 Å². The maximum atomic E-state index is 12.4. The number of benzene rings is 2. The number of hydrogen-bond acceptors (Lipinski definition) is 5. The van der Waals surface area contributed by atoms with Crippen molar-refractivity contribution >= 4 is 29.4 Å². The van der Waals surface area contributed by atoms with Crippen molar-refractivity contribution in [2.75, 3.05) is 7.11 Å². The Morgan fingerprint density at radius 3 is 2.72 bits per heavy atom. The SMILES string of the molecule is COC(=O)[C@H](C)Oc1ccc2c(c1)O/C(=C\c1ccccc1Cl)C2=O. The average molecular weight is 359 g/mol. The van der Waals surface area contributed by atoms with Crippen molar-refractivity contribution < 1.29 is 23.8 Å². The third kappa shape index (κ3) is 3.51. The molecule has 0 aromatic heterocycles. The zero-order valence-corrected chi connectivity index (χ0v) is 14.4. The van der Waals surface area contributed by atoms with Gasteiger partial charge in [0, 0.05) is 11.1 Å². The van der Waals surface area contributed by atoms with E-state index < -0.39 is 12.1 Å². The van der Waals surface area contributed by atoms with Crippen LogP contribution in [0.3, 0.4) is 0 Å². The normalized spacial score (nSPS) is 15.5. The molecule has 0 radical (unpaired) electrons. The standard InChI is InChI=1S/C19H15ClO5/c1-11(19(22)23-2)24-13-7-8-14-16(10-13)25-17(18(14)21)9-12-5-3-4-6-15(12)20/h3-11H,1-2H3/b17-9-/t11-/m0/s1. The molecular weight excluding hydrogens is 344 g/mol. The first-order valence-corrected chi connectivity index (χ1v) is 7.94. The summed E-state index contributed by atoms with van der Waals surface area (Å²) in [5.41, 5.74) is 1.12. The van der Waals surface area contributed by atoms with Crippen LogP contribution in [-0.4, -0.2) is 25.0 Å². The smallest absolute Gasteiger partial charge is 0.346 e. The van der Waals surface area contributed by atoms with Crippen LogP contribution < -0.4 is 9.47 Å². The lowest BCUT2D eigenvalue weighted by Gasteiger charge is -2.12. The highest BCUT2D eigenvalue weighted by Crippen LogP contribution is 2.35. The number of esters is 1. The van der Waals surface area contributed by atoms with Crippen LogP contribution in [-0.2, 0) is 9.53 Å². The van der Waals surface area contributed by atoms with Gasteiger partial charge in [-0.15, -0.1) is 0 Å². The summed E-state index contributed by atoms with van der Waals surface area (Å²) in [7, 11) is 1.29. The highest BCUT2D eigenvalue weighted by Gasteiger charge is 2.28. The van der Waals surface area contributed by atoms with Crippen LogP contribution in [0.2, 0.25) is 5.02 Å². The quantitative estimate of drug-likeness (QED) is 0.612. The van der Waals surface area contributed by atoms with E-state index in [1.807, 2.05) is 12.1 Å². The van der Waals surface area contributed by atoms with E-state index in [0.29, 0.717) is 27.6 Å². The number of carbonyl (C=O) groups excluding carboxylic acids is 2. The molecule has 0 N–H and O–H groups in total. The molecule has 0 saturated heterocycles. The Balaban J connectivity index is 1.84. The van der Waals surface area contributed by atoms with Gasteiger partial charge in [0.25, 0.3) is 0 Å². The molecule has 0 bridgehead atoms. The lowest BCUT2D eigenvalue weighted by Crippen LogP contribution is -2.24. The Bertz CT molecular complexity index is 872. The van der Waals surface area contributed by atoms with Gasteiger partial charge in [-0.1, -0.05) is 29.8 Å². The second kappa shape index (κ2) is 6.99. The van der Waals surface area contributed by atoms with E-state index in [1.165, 1.54) is 7.11 Å². The average Bonchev–Trinajstić information content (AvgIpc) is 2.91. The summed E-state index contributed by atoms with van der Waals surface area (Å²) in [5.74, 6) is 0.238. The number of hydrogen-bond donors (Lipinski definition) is 0. The van der Waals surface area contributed by atoms with Gasteiger partial charge in [-0.2, -0.15) is 0 Å². The zero-order chi connectivity index (χ0) is 18.0. The Morgan fingerprint density at radius 1 is 1.24 bits per heavy atom. The fraction of sp³-hybridized carbons (Fsp3) is 0.158. The summed E-state index contributed by atoms with van der Waals surface area (Å²) in [6.45, 7) is 1.58. The molecule has 25 heavy (non-hydrogen) atoms. The van der Waals surface area contributed by atoms with Gasteiger partial charge < -0.3 is 14.2 Å². The minimum Gasteiger partial charge on any atom is -0.479 e. The third-order valence-corrected chi connectivity index (χ3v) is 4.02. The summed E-state index contributed by atoms with van der Waals surface area (Å²) < 4.78 is 15.8. The summed E-state index contributed by atoms with van der Waals surface area (Å²) >= 11 is 6.11. The van der Waals surface area contributed by atoms with E-state index >= 15 is 0 Å². The van der Waals surface area contributed by atoms with E-state index in [9.17, 15) is 9.59 Å². The molecule has 5 nitrogen and oxygen atoms in total. The van der Waals surface area contributed by atoms with E-state index in [-0.39, 0.29) is 11.5 Å². The van der Waals surface area contributed by atoms with Crippen LogP contribution in [0.1, 0.15) is 22.8 Å². The molecule has 2 aromatic rings. The highest BCUT2D eigenvalue weighted by molar-refractivity contribution is 6.32. The Morgan fingerprint density at radius 2 is 2.00 bits per heavy atom. The molecule has 0 aliphatic carbocycles. The monoisotopic (exact) mass is 358 g/mol. The number of fused-ring (bicyclic) bond motifs is 1. The van der Waals surface area contributed by atoms with Crippen LogP contribution in [0, 0.1) is 0 Å². The molecule has 0 spiro atoms. The fourth-order valence-electron chi connectivity index (χ4n) is 2.39. The highest BCUT2D eigenvalue weighted by atomic mass is 35.5. The van der Waals surface area contributed by atoms with Crippen molar-refractivity contribution in [2.24, 2.45) is 0 Å². The van der Waals surface area contributed by atoms with Crippen molar-refractivity contribution in [3.63, 3.8) is 0 Å². The summed E-state index contributed by atoms with van der Waals surface area (Å²) in [4.78, 5) is 23.9. The van der Waals surface area contributed by atoms with Crippen molar-refractivity contribution in [3.05, 3.63) is 64.4 Å². The predicted octanol–water partition coefficient (Wildman–Crippen LogP) is 3.90. The zero-order valence-electron chi connectivity index (χ0n) is 13.6. The van der Waals surface area contributed by atoms with Gasteiger partial charge in [0.15, 0.2) is 11.9 Å². The molecule has 1 atom stereocenters. The van der Waals surface area contributed by atoms with Crippen molar-refractivity contribution in [1.82, 2.24) is 0 Å². The van der Waals surface area contributed by atoms with E-state index in [1.54, 1.807) is 43.3 Å². The lowest BCUT2D eigenvalue weighted by atomic mass is 10.1.